The Morgan fingerprint density at radius 1 is 1.19 bits per heavy atom. The second kappa shape index (κ2) is 5.28. The highest BCUT2D eigenvalue weighted by Gasteiger charge is 2.18. The third-order valence-electron chi connectivity index (χ3n) is 3.20. The third-order valence-corrected chi connectivity index (χ3v) is 3.73. The van der Waals surface area contributed by atoms with Crippen molar-refractivity contribution in [3.05, 3.63) is 58.4 Å². The molecule has 0 N–H and O–H groups in total. The van der Waals surface area contributed by atoms with Crippen molar-refractivity contribution in [3.63, 3.8) is 0 Å². The van der Waals surface area contributed by atoms with E-state index in [1.165, 1.54) is 4.57 Å². The van der Waals surface area contributed by atoms with E-state index in [1.54, 1.807) is 0 Å². The summed E-state index contributed by atoms with van der Waals surface area (Å²) in [4.78, 5) is 4.38. The maximum absolute atomic E-state index is 14.2. The van der Waals surface area contributed by atoms with Gasteiger partial charge in [-0.3, -0.25) is 4.57 Å². The molecular weight excluding hydrogens is 317 g/mol. The summed E-state index contributed by atoms with van der Waals surface area (Å²) >= 11 is 11.9. The van der Waals surface area contributed by atoms with Crippen LogP contribution in [0.3, 0.4) is 0 Å². The molecule has 0 fully saturated rings. The van der Waals surface area contributed by atoms with E-state index < -0.39 is 11.6 Å². The number of halogens is 4. The number of alkyl halides is 1. The van der Waals surface area contributed by atoms with E-state index in [2.05, 4.69) is 4.98 Å². The SMILES string of the molecule is Cc1ccc2c(c1)nc(CCl)n2-c1c(F)cc(F)cc1Cl. The van der Waals surface area contributed by atoms with E-state index in [1.807, 2.05) is 25.1 Å². The molecular formula is C15H10Cl2F2N2. The smallest absolute Gasteiger partial charge is 0.151 e. The average Bonchev–Trinajstić information content (AvgIpc) is 2.75. The molecule has 0 bridgehead atoms. The molecule has 2 aromatic carbocycles. The molecule has 21 heavy (non-hydrogen) atoms. The lowest BCUT2D eigenvalue weighted by Crippen LogP contribution is -2.03. The molecule has 0 aliphatic carbocycles. The average molecular weight is 327 g/mol. The van der Waals surface area contributed by atoms with E-state index in [0.717, 1.165) is 17.7 Å². The van der Waals surface area contributed by atoms with Crippen molar-refractivity contribution >= 4 is 34.2 Å². The Labute approximate surface area is 129 Å². The molecule has 0 unspecified atom stereocenters. The summed E-state index contributed by atoms with van der Waals surface area (Å²) in [7, 11) is 0. The van der Waals surface area contributed by atoms with Crippen molar-refractivity contribution in [2.75, 3.05) is 0 Å². The van der Waals surface area contributed by atoms with Gasteiger partial charge in [0.2, 0.25) is 0 Å². The zero-order chi connectivity index (χ0) is 15.1. The van der Waals surface area contributed by atoms with Crippen LogP contribution in [-0.2, 0) is 5.88 Å². The van der Waals surface area contributed by atoms with Gasteiger partial charge in [0.15, 0.2) is 5.82 Å². The van der Waals surface area contributed by atoms with E-state index in [-0.39, 0.29) is 16.6 Å². The highest BCUT2D eigenvalue weighted by molar-refractivity contribution is 6.32. The molecule has 1 aromatic heterocycles. The lowest BCUT2D eigenvalue weighted by Gasteiger charge is -2.11. The van der Waals surface area contributed by atoms with Gasteiger partial charge in [-0.05, 0) is 30.7 Å². The summed E-state index contributed by atoms with van der Waals surface area (Å²) < 4.78 is 28.9. The van der Waals surface area contributed by atoms with Gasteiger partial charge in [0.05, 0.1) is 21.9 Å². The zero-order valence-electron chi connectivity index (χ0n) is 11.0. The van der Waals surface area contributed by atoms with Gasteiger partial charge in [-0.2, -0.15) is 0 Å². The Morgan fingerprint density at radius 2 is 1.95 bits per heavy atom. The lowest BCUT2D eigenvalue weighted by molar-refractivity contribution is 0.578. The third kappa shape index (κ3) is 2.39. The molecule has 2 nitrogen and oxygen atoms in total. The molecule has 0 radical (unpaired) electrons. The van der Waals surface area contributed by atoms with Crippen LogP contribution >= 0.6 is 23.2 Å². The van der Waals surface area contributed by atoms with Gasteiger partial charge in [-0.15, -0.1) is 11.6 Å². The fraction of sp³-hybridized carbons (Fsp3) is 0.133. The molecule has 0 saturated heterocycles. The standard InChI is InChI=1S/C15H10Cl2F2N2/c1-8-2-3-13-12(4-8)20-14(7-16)21(13)15-10(17)5-9(18)6-11(15)19/h2-6H,7H2,1H3. The summed E-state index contributed by atoms with van der Waals surface area (Å²) in [5, 5.41) is -0.0289. The van der Waals surface area contributed by atoms with Gasteiger partial charge in [-0.1, -0.05) is 17.7 Å². The highest BCUT2D eigenvalue weighted by atomic mass is 35.5. The summed E-state index contributed by atoms with van der Waals surface area (Å²) in [6.45, 7) is 1.93. The molecule has 0 saturated carbocycles. The van der Waals surface area contributed by atoms with Crippen LogP contribution in [0.1, 0.15) is 11.4 Å². The minimum atomic E-state index is -0.758. The van der Waals surface area contributed by atoms with Gasteiger partial charge >= 0.3 is 0 Å². The molecule has 3 aromatic rings. The van der Waals surface area contributed by atoms with Crippen LogP contribution in [0.2, 0.25) is 5.02 Å². The predicted molar refractivity (Wildman–Crippen MR) is 80.3 cm³/mol. The molecule has 108 valence electrons. The monoisotopic (exact) mass is 326 g/mol. The maximum atomic E-state index is 14.2. The first-order valence-corrected chi connectivity index (χ1v) is 7.11. The Kier molecular flexibility index (Phi) is 3.59. The predicted octanol–water partition coefficient (Wildman–Crippen LogP) is 5.00. The first-order valence-electron chi connectivity index (χ1n) is 6.20. The molecule has 0 aliphatic heterocycles. The van der Waals surface area contributed by atoms with Crippen LogP contribution < -0.4 is 0 Å². The highest BCUT2D eigenvalue weighted by Crippen LogP contribution is 2.30. The maximum Gasteiger partial charge on any atom is 0.151 e. The molecule has 0 spiro atoms. The molecule has 3 rings (SSSR count). The van der Waals surface area contributed by atoms with Gasteiger partial charge < -0.3 is 0 Å². The number of hydrogen-bond acceptors (Lipinski definition) is 1. The fourth-order valence-corrected chi connectivity index (χ4v) is 2.79. The van der Waals surface area contributed by atoms with Crippen LogP contribution in [-0.4, -0.2) is 9.55 Å². The Morgan fingerprint density at radius 3 is 2.62 bits per heavy atom. The Balaban J connectivity index is 2.39. The van der Waals surface area contributed by atoms with E-state index in [4.69, 9.17) is 23.2 Å². The number of rotatable bonds is 2. The van der Waals surface area contributed by atoms with Crippen LogP contribution in [0.4, 0.5) is 8.78 Å². The number of imidazole rings is 1. The Bertz CT molecular complexity index is 820. The lowest BCUT2D eigenvalue weighted by atomic mass is 10.2. The van der Waals surface area contributed by atoms with Crippen LogP contribution in [0.15, 0.2) is 30.3 Å². The number of nitrogens with zero attached hydrogens (tertiary/aromatic N) is 2. The minimum absolute atomic E-state index is 0.0289. The van der Waals surface area contributed by atoms with Crippen molar-refractivity contribution in [2.24, 2.45) is 0 Å². The first kappa shape index (κ1) is 14.3. The number of hydrogen-bond donors (Lipinski definition) is 0. The van der Waals surface area contributed by atoms with Crippen molar-refractivity contribution in [3.8, 4) is 5.69 Å². The second-order valence-corrected chi connectivity index (χ2v) is 5.38. The van der Waals surface area contributed by atoms with Gasteiger partial charge in [0, 0.05) is 6.07 Å². The zero-order valence-corrected chi connectivity index (χ0v) is 12.5. The van der Waals surface area contributed by atoms with Crippen molar-refractivity contribution in [1.82, 2.24) is 9.55 Å². The molecule has 6 heteroatoms. The summed E-state index contributed by atoms with van der Waals surface area (Å²) in [5.74, 6) is -0.953. The number of aromatic nitrogens is 2. The molecule has 0 amide bonds. The fourth-order valence-electron chi connectivity index (χ4n) is 2.33. The van der Waals surface area contributed by atoms with E-state index in [9.17, 15) is 8.78 Å². The van der Waals surface area contributed by atoms with Crippen molar-refractivity contribution in [1.29, 1.82) is 0 Å². The Hall–Kier alpha value is -1.65. The van der Waals surface area contributed by atoms with Crippen molar-refractivity contribution in [2.45, 2.75) is 12.8 Å². The van der Waals surface area contributed by atoms with E-state index in [0.29, 0.717) is 16.9 Å². The topological polar surface area (TPSA) is 17.8 Å². The largest absolute Gasteiger partial charge is 0.291 e. The number of fused-ring (bicyclic) bond motifs is 1. The van der Waals surface area contributed by atoms with Crippen LogP contribution in [0.25, 0.3) is 16.7 Å². The summed E-state index contributed by atoms with van der Waals surface area (Å²) in [6, 6.07) is 7.43. The van der Waals surface area contributed by atoms with Gasteiger partial charge in [0.1, 0.15) is 17.3 Å². The molecule has 0 aliphatic rings. The molecule has 1 heterocycles. The van der Waals surface area contributed by atoms with Gasteiger partial charge in [0.25, 0.3) is 0 Å². The summed E-state index contributed by atoms with van der Waals surface area (Å²) in [5.41, 5.74) is 2.44. The number of aryl methyl sites for hydroxylation is 1. The first-order chi connectivity index (χ1) is 10.0. The summed E-state index contributed by atoms with van der Waals surface area (Å²) in [6.07, 6.45) is 0. The molecule has 0 atom stereocenters. The second-order valence-electron chi connectivity index (χ2n) is 4.71. The number of benzene rings is 2. The van der Waals surface area contributed by atoms with Gasteiger partial charge in [-0.25, -0.2) is 13.8 Å². The van der Waals surface area contributed by atoms with Crippen LogP contribution in [0, 0.1) is 18.6 Å². The minimum Gasteiger partial charge on any atom is -0.291 e. The normalized spacial score (nSPS) is 11.3. The van der Waals surface area contributed by atoms with Crippen LogP contribution in [0.5, 0.6) is 0 Å². The van der Waals surface area contributed by atoms with Crippen molar-refractivity contribution < 1.29 is 8.78 Å². The van der Waals surface area contributed by atoms with E-state index >= 15 is 0 Å². The quantitative estimate of drug-likeness (QED) is 0.605.